The maximum absolute atomic E-state index is 12.2. The van der Waals surface area contributed by atoms with Crippen LogP contribution in [0.15, 0.2) is 0 Å². The van der Waals surface area contributed by atoms with Crippen LogP contribution in [-0.4, -0.2) is 148 Å². The largest absolute Gasteiger partial charge is 0.394 e. The molecule has 0 bridgehead atoms. The minimum absolute atomic E-state index is 0.0403. The van der Waals surface area contributed by atoms with Crippen LogP contribution in [0.5, 0.6) is 0 Å². The summed E-state index contributed by atoms with van der Waals surface area (Å²) in [5, 5.41) is 73.1. The lowest BCUT2D eigenvalue weighted by atomic mass is 9.99. The minimum Gasteiger partial charge on any atom is -0.394 e. The Hall–Kier alpha value is -1.83. The zero-order valence-electron chi connectivity index (χ0n) is 25.2. The maximum atomic E-state index is 12.2. The first-order valence-electron chi connectivity index (χ1n) is 15.3. The van der Waals surface area contributed by atoms with Gasteiger partial charge in [0.1, 0.15) is 36.6 Å². The van der Waals surface area contributed by atoms with Gasteiger partial charge < -0.3 is 65.3 Å². The van der Waals surface area contributed by atoms with Crippen molar-refractivity contribution in [2.24, 2.45) is 0 Å². The van der Waals surface area contributed by atoms with Crippen molar-refractivity contribution >= 4 is 17.6 Å². The molecule has 9 unspecified atom stereocenters. The maximum Gasteiger partial charge on any atom is 0.220 e. The van der Waals surface area contributed by atoms with E-state index in [9.17, 15) is 45.0 Å². The molecule has 2 saturated heterocycles. The van der Waals surface area contributed by atoms with Gasteiger partial charge in [-0.2, -0.15) is 0 Å². The van der Waals surface area contributed by atoms with E-state index in [4.69, 9.17) is 24.1 Å². The number of ketones is 1. The van der Waals surface area contributed by atoms with Crippen LogP contribution in [0.25, 0.3) is 0 Å². The normalized spacial score (nSPS) is 31.5. The van der Waals surface area contributed by atoms with Crippen molar-refractivity contribution in [2.75, 3.05) is 33.0 Å². The van der Waals surface area contributed by atoms with E-state index in [1.807, 2.05) is 6.92 Å². The smallest absolute Gasteiger partial charge is 0.220 e. The molecule has 2 rings (SSSR count). The highest BCUT2D eigenvalue weighted by Crippen LogP contribution is 2.22. The summed E-state index contributed by atoms with van der Waals surface area (Å²) in [4.78, 5) is 36.0. The van der Waals surface area contributed by atoms with Crippen molar-refractivity contribution < 1.29 is 69.1 Å². The number of carbonyl (C=O) groups is 3. The first-order valence-corrected chi connectivity index (χ1v) is 15.3. The van der Waals surface area contributed by atoms with Crippen LogP contribution in [0, 0.1) is 0 Å². The number of Topliss-reactive ketones (excluding diaryl/α,β-unsaturated/α-hetero) is 1. The molecule has 2 fully saturated rings. The van der Waals surface area contributed by atoms with Crippen LogP contribution >= 0.6 is 0 Å². The van der Waals surface area contributed by atoms with E-state index >= 15 is 0 Å². The molecule has 256 valence electrons. The Labute approximate surface area is 256 Å². The summed E-state index contributed by atoms with van der Waals surface area (Å²) < 4.78 is 21.2. The Kier molecular flexibility index (Phi) is 17.7. The number of carbonyl (C=O) groups excluding carboxylic acids is 3. The zero-order chi connectivity index (χ0) is 32.6. The average Bonchev–Trinajstić information content (AvgIpc) is 3.00. The Morgan fingerprint density at radius 1 is 0.750 bits per heavy atom. The molecule has 9 N–H and O–H groups in total. The van der Waals surface area contributed by atoms with Crippen molar-refractivity contribution in [3.63, 3.8) is 0 Å². The van der Waals surface area contributed by atoms with Crippen LogP contribution in [0.3, 0.4) is 0 Å². The number of rotatable bonds is 20. The van der Waals surface area contributed by atoms with E-state index in [0.717, 1.165) is 19.3 Å². The predicted octanol–water partition coefficient (Wildman–Crippen LogP) is -3.04. The van der Waals surface area contributed by atoms with Gasteiger partial charge in [-0.15, -0.1) is 0 Å². The zero-order valence-corrected chi connectivity index (χ0v) is 25.2. The van der Waals surface area contributed by atoms with Gasteiger partial charge in [0, 0.05) is 38.6 Å². The summed E-state index contributed by atoms with van der Waals surface area (Å²) >= 11 is 0. The van der Waals surface area contributed by atoms with E-state index in [2.05, 4.69) is 10.6 Å². The van der Waals surface area contributed by atoms with Gasteiger partial charge in [0.15, 0.2) is 24.5 Å². The van der Waals surface area contributed by atoms with Gasteiger partial charge in [-0.3, -0.25) is 14.4 Å². The SMILES string of the molecule is C[C@@H](CCCCNC(=O)CCCCOC1OC(CO)C(O)C(=O)C1O)NC(=O)CCCCOC1OC(CO)C(O)C(O)C1O. The Morgan fingerprint density at radius 3 is 1.98 bits per heavy atom. The molecular formula is C28H50N2O14. The molecule has 0 aliphatic carbocycles. The van der Waals surface area contributed by atoms with Gasteiger partial charge in [0.2, 0.25) is 11.8 Å². The monoisotopic (exact) mass is 638 g/mol. The second-order valence-electron chi connectivity index (χ2n) is 11.2. The summed E-state index contributed by atoms with van der Waals surface area (Å²) in [6, 6.07) is -0.0403. The van der Waals surface area contributed by atoms with Crippen LogP contribution in [0.1, 0.15) is 64.7 Å². The number of amides is 2. The topological polar surface area (TPSA) is 254 Å². The predicted molar refractivity (Wildman–Crippen MR) is 151 cm³/mol. The quantitative estimate of drug-likeness (QED) is 0.0601. The van der Waals surface area contributed by atoms with Crippen molar-refractivity contribution in [3.05, 3.63) is 0 Å². The molecule has 2 heterocycles. The summed E-state index contributed by atoms with van der Waals surface area (Å²) in [6.07, 6.45) is -7.46. The van der Waals surface area contributed by atoms with E-state index in [1.165, 1.54) is 0 Å². The van der Waals surface area contributed by atoms with Gasteiger partial charge in [0.25, 0.3) is 0 Å². The summed E-state index contributed by atoms with van der Waals surface area (Å²) in [7, 11) is 0. The fourth-order valence-electron chi connectivity index (χ4n) is 4.78. The van der Waals surface area contributed by atoms with Crippen molar-refractivity contribution in [2.45, 2.75) is 126 Å². The van der Waals surface area contributed by atoms with Crippen molar-refractivity contribution in [1.82, 2.24) is 10.6 Å². The number of hydrogen-bond acceptors (Lipinski definition) is 14. The molecule has 0 radical (unpaired) electrons. The summed E-state index contributed by atoms with van der Waals surface area (Å²) in [5.74, 6) is -1.09. The first kappa shape index (κ1) is 38.4. The number of aliphatic hydroxyl groups excluding tert-OH is 7. The molecule has 0 saturated carbocycles. The third-order valence-electron chi connectivity index (χ3n) is 7.48. The summed E-state index contributed by atoms with van der Waals surface area (Å²) in [6.45, 7) is 1.55. The van der Waals surface area contributed by atoms with Crippen molar-refractivity contribution in [3.8, 4) is 0 Å². The highest BCUT2D eigenvalue weighted by Gasteiger charge is 2.44. The van der Waals surface area contributed by atoms with Crippen LogP contribution in [0.4, 0.5) is 0 Å². The second-order valence-corrected chi connectivity index (χ2v) is 11.2. The average molecular weight is 639 g/mol. The van der Waals surface area contributed by atoms with Crippen LogP contribution in [-0.2, 0) is 33.3 Å². The number of nitrogens with one attached hydrogen (secondary N) is 2. The third-order valence-corrected chi connectivity index (χ3v) is 7.48. The molecular weight excluding hydrogens is 588 g/mol. The fraction of sp³-hybridized carbons (Fsp3) is 0.893. The van der Waals surface area contributed by atoms with E-state index in [-0.39, 0.29) is 43.9 Å². The molecule has 16 nitrogen and oxygen atoms in total. The number of aliphatic hydroxyl groups is 7. The van der Waals surface area contributed by atoms with E-state index in [0.29, 0.717) is 32.2 Å². The molecule has 0 aromatic rings. The molecule has 2 aliphatic heterocycles. The van der Waals surface area contributed by atoms with Crippen LogP contribution < -0.4 is 10.6 Å². The highest BCUT2D eigenvalue weighted by atomic mass is 16.7. The van der Waals surface area contributed by atoms with Gasteiger partial charge in [-0.1, -0.05) is 0 Å². The molecule has 2 amide bonds. The Balaban J connectivity index is 1.44. The lowest BCUT2D eigenvalue weighted by molar-refractivity contribution is -0.301. The number of hydrogen-bond donors (Lipinski definition) is 9. The Morgan fingerprint density at radius 2 is 1.34 bits per heavy atom. The fourth-order valence-corrected chi connectivity index (χ4v) is 4.78. The standard InChI is InChI=1S/C28H50N2O14/c1-16(30-20(34)10-4-7-13-42-28-26(40)24(38)22(36)18(15-32)44-28)8-2-5-11-29-19(33)9-3-6-12-41-27-25(39)23(37)21(35)17(14-31)43-27/h16-18,21-22,24-28,31-32,35-36,38-40H,2-15H2,1H3,(H,29,33)(H,30,34)/t16-,17?,18?,21?,22?,24?,25?,26?,27?,28?/m0/s1. The lowest BCUT2D eigenvalue weighted by Crippen LogP contribution is -2.59. The van der Waals surface area contributed by atoms with E-state index < -0.39 is 74.3 Å². The van der Waals surface area contributed by atoms with Gasteiger partial charge in [-0.05, 0) is 51.9 Å². The molecule has 44 heavy (non-hydrogen) atoms. The number of unbranched alkanes of at least 4 members (excludes halogenated alkanes) is 3. The summed E-state index contributed by atoms with van der Waals surface area (Å²) in [5.41, 5.74) is 0. The lowest BCUT2D eigenvalue weighted by Gasteiger charge is -2.39. The van der Waals surface area contributed by atoms with Gasteiger partial charge in [0.05, 0.1) is 13.2 Å². The van der Waals surface area contributed by atoms with Crippen LogP contribution in [0.2, 0.25) is 0 Å². The van der Waals surface area contributed by atoms with E-state index in [1.54, 1.807) is 0 Å². The molecule has 16 heteroatoms. The molecule has 2 aliphatic rings. The molecule has 0 aromatic carbocycles. The van der Waals surface area contributed by atoms with Crippen molar-refractivity contribution in [1.29, 1.82) is 0 Å². The first-order chi connectivity index (χ1) is 21.0. The number of ether oxygens (including phenoxy) is 4. The highest BCUT2D eigenvalue weighted by molar-refractivity contribution is 5.88. The second kappa shape index (κ2) is 20.3. The van der Waals surface area contributed by atoms with Gasteiger partial charge >= 0.3 is 0 Å². The third kappa shape index (κ3) is 12.5. The minimum atomic E-state index is -1.65. The molecule has 10 atom stereocenters. The molecule has 0 spiro atoms. The Bertz CT molecular complexity index is 864. The van der Waals surface area contributed by atoms with Gasteiger partial charge in [-0.25, -0.2) is 0 Å². The molecule has 0 aromatic heterocycles.